The molecule has 0 saturated carbocycles. The number of allylic oxidation sites excluding steroid dienone is 2. The van der Waals surface area contributed by atoms with Gasteiger partial charge in [-0.05, 0) is 13.0 Å². The topological polar surface area (TPSA) is 35.5 Å². The van der Waals surface area contributed by atoms with E-state index in [1.54, 1.807) is 19.3 Å². The monoisotopic (exact) mass is 154 g/mol. The fraction of sp³-hybridized carbons (Fsp3) is 0.375. The smallest absolute Gasteiger partial charge is 0.337 e. The summed E-state index contributed by atoms with van der Waals surface area (Å²) in [7, 11) is 1.36. The SMILES string of the molecule is COC(=O)C1=C(C)OC=CC1. The average Bonchev–Trinajstić information content (AvgIpc) is 2.04. The van der Waals surface area contributed by atoms with Crippen LogP contribution < -0.4 is 0 Å². The number of ether oxygens (including phenoxy) is 2. The van der Waals surface area contributed by atoms with E-state index in [4.69, 9.17) is 4.74 Å². The van der Waals surface area contributed by atoms with Crippen LogP contribution in [0.2, 0.25) is 0 Å². The van der Waals surface area contributed by atoms with Crippen molar-refractivity contribution >= 4 is 5.97 Å². The van der Waals surface area contributed by atoms with Gasteiger partial charge in [-0.3, -0.25) is 0 Å². The van der Waals surface area contributed by atoms with Gasteiger partial charge in [-0.2, -0.15) is 0 Å². The standard InChI is InChI=1S/C8H10O3/c1-6-7(8(9)10-2)4-3-5-11-6/h3,5H,4H2,1-2H3. The number of carbonyl (C=O) groups excluding carboxylic acids is 1. The highest BCUT2D eigenvalue weighted by atomic mass is 16.5. The van der Waals surface area contributed by atoms with Gasteiger partial charge in [-0.25, -0.2) is 4.79 Å². The third-order valence-corrected chi connectivity index (χ3v) is 1.52. The molecule has 0 unspecified atom stereocenters. The van der Waals surface area contributed by atoms with Crippen molar-refractivity contribution < 1.29 is 14.3 Å². The quantitative estimate of drug-likeness (QED) is 0.535. The third-order valence-electron chi connectivity index (χ3n) is 1.52. The van der Waals surface area contributed by atoms with Crippen molar-refractivity contribution in [2.45, 2.75) is 13.3 Å². The van der Waals surface area contributed by atoms with Crippen molar-refractivity contribution in [2.24, 2.45) is 0 Å². The predicted octanol–water partition coefficient (Wildman–Crippen LogP) is 1.37. The lowest BCUT2D eigenvalue weighted by Crippen LogP contribution is -2.09. The van der Waals surface area contributed by atoms with Crippen LogP contribution in [-0.2, 0) is 14.3 Å². The van der Waals surface area contributed by atoms with E-state index in [9.17, 15) is 4.79 Å². The highest BCUT2D eigenvalue weighted by Crippen LogP contribution is 2.17. The Morgan fingerprint density at radius 3 is 3.00 bits per heavy atom. The van der Waals surface area contributed by atoms with Gasteiger partial charge in [0.05, 0.1) is 18.9 Å². The largest absolute Gasteiger partial charge is 0.469 e. The molecular formula is C8H10O3. The number of methoxy groups -OCH3 is 1. The van der Waals surface area contributed by atoms with E-state index < -0.39 is 0 Å². The highest BCUT2D eigenvalue weighted by Gasteiger charge is 2.14. The Hall–Kier alpha value is -1.25. The first-order chi connectivity index (χ1) is 5.25. The van der Waals surface area contributed by atoms with Crippen LogP contribution in [-0.4, -0.2) is 13.1 Å². The summed E-state index contributed by atoms with van der Waals surface area (Å²) in [5.74, 6) is 0.311. The van der Waals surface area contributed by atoms with Crippen LogP contribution in [0.4, 0.5) is 0 Å². The van der Waals surface area contributed by atoms with E-state index in [1.165, 1.54) is 7.11 Å². The first-order valence-corrected chi connectivity index (χ1v) is 3.35. The maximum Gasteiger partial charge on any atom is 0.337 e. The first kappa shape index (κ1) is 7.85. The van der Waals surface area contributed by atoms with Gasteiger partial charge in [-0.15, -0.1) is 0 Å². The Balaban J connectivity index is 2.76. The summed E-state index contributed by atoms with van der Waals surface area (Å²) in [4.78, 5) is 11.0. The zero-order valence-corrected chi connectivity index (χ0v) is 6.59. The molecule has 0 aromatic rings. The van der Waals surface area contributed by atoms with Crippen LogP contribution in [0.5, 0.6) is 0 Å². The maximum atomic E-state index is 11.0. The lowest BCUT2D eigenvalue weighted by Gasteiger charge is -2.11. The van der Waals surface area contributed by atoms with E-state index >= 15 is 0 Å². The second kappa shape index (κ2) is 3.23. The van der Waals surface area contributed by atoms with Crippen molar-refractivity contribution in [3.05, 3.63) is 23.7 Å². The van der Waals surface area contributed by atoms with Crippen LogP contribution in [0.3, 0.4) is 0 Å². The number of esters is 1. The summed E-state index contributed by atoms with van der Waals surface area (Å²) in [6, 6.07) is 0. The van der Waals surface area contributed by atoms with Gasteiger partial charge in [0.25, 0.3) is 0 Å². The average molecular weight is 154 g/mol. The van der Waals surface area contributed by atoms with Crippen LogP contribution in [0.25, 0.3) is 0 Å². The summed E-state index contributed by atoms with van der Waals surface area (Å²) in [5.41, 5.74) is 0.593. The molecule has 1 aliphatic rings. The van der Waals surface area contributed by atoms with Gasteiger partial charge < -0.3 is 9.47 Å². The van der Waals surface area contributed by atoms with Gasteiger partial charge in [0.15, 0.2) is 0 Å². The first-order valence-electron chi connectivity index (χ1n) is 3.35. The molecule has 0 bridgehead atoms. The molecule has 1 aliphatic heterocycles. The fourth-order valence-corrected chi connectivity index (χ4v) is 0.881. The third kappa shape index (κ3) is 1.61. The minimum atomic E-state index is -0.313. The molecule has 0 saturated heterocycles. The summed E-state index contributed by atoms with van der Waals surface area (Å²) >= 11 is 0. The molecule has 0 aromatic carbocycles. The molecule has 3 heteroatoms. The van der Waals surface area contributed by atoms with E-state index in [2.05, 4.69) is 4.74 Å². The molecule has 0 fully saturated rings. The van der Waals surface area contributed by atoms with Crippen LogP contribution in [0, 0.1) is 0 Å². The van der Waals surface area contributed by atoms with Crippen molar-refractivity contribution in [1.82, 2.24) is 0 Å². The number of hydrogen-bond donors (Lipinski definition) is 0. The molecule has 0 amide bonds. The molecule has 1 rings (SSSR count). The Labute approximate surface area is 65.3 Å². The minimum absolute atomic E-state index is 0.313. The van der Waals surface area contributed by atoms with Crippen LogP contribution >= 0.6 is 0 Å². The number of rotatable bonds is 1. The van der Waals surface area contributed by atoms with Gasteiger partial charge >= 0.3 is 5.97 Å². The number of hydrogen-bond acceptors (Lipinski definition) is 3. The zero-order valence-electron chi connectivity index (χ0n) is 6.59. The fourth-order valence-electron chi connectivity index (χ4n) is 0.881. The molecule has 3 nitrogen and oxygen atoms in total. The Kier molecular flexibility index (Phi) is 2.31. The van der Waals surface area contributed by atoms with Gasteiger partial charge in [-0.1, -0.05) is 0 Å². The minimum Gasteiger partial charge on any atom is -0.469 e. The van der Waals surface area contributed by atoms with Crippen molar-refractivity contribution in [3.63, 3.8) is 0 Å². The Bertz CT molecular complexity index is 225. The van der Waals surface area contributed by atoms with Gasteiger partial charge in [0, 0.05) is 6.42 Å². The molecular weight excluding hydrogens is 144 g/mol. The second-order valence-electron chi connectivity index (χ2n) is 2.22. The highest BCUT2D eigenvalue weighted by molar-refractivity contribution is 5.89. The Morgan fingerprint density at radius 2 is 2.45 bits per heavy atom. The van der Waals surface area contributed by atoms with E-state index in [0.29, 0.717) is 17.8 Å². The zero-order chi connectivity index (χ0) is 8.27. The van der Waals surface area contributed by atoms with Crippen molar-refractivity contribution in [1.29, 1.82) is 0 Å². The molecule has 0 N–H and O–H groups in total. The molecule has 11 heavy (non-hydrogen) atoms. The normalized spacial score (nSPS) is 16.2. The molecule has 60 valence electrons. The second-order valence-corrected chi connectivity index (χ2v) is 2.22. The summed E-state index contributed by atoms with van der Waals surface area (Å²) in [6.07, 6.45) is 3.94. The molecule has 0 radical (unpaired) electrons. The predicted molar refractivity (Wildman–Crippen MR) is 39.6 cm³/mol. The summed E-state index contributed by atoms with van der Waals surface area (Å²) in [5, 5.41) is 0. The lowest BCUT2D eigenvalue weighted by atomic mass is 10.1. The van der Waals surface area contributed by atoms with Crippen LogP contribution in [0.15, 0.2) is 23.7 Å². The van der Waals surface area contributed by atoms with Crippen LogP contribution in [0.1, 0.15) is 13.3 Å². The van der Waals surface area contributed by atoms with Crippen molar-refractivity contribution in [3.8, 4) is 0 Å². The lowest BCUT2D eigenvalue weighted by molar-refractivity contribution is -0.136. The van der Waals surface area contributed by atoms with Gasteiger partial charge in [0.1, 0.15) is 5.76 Å². The number of carbonyl (C=O) groups is 1. The molecule has 1 heterocycles. The molecule has 0 aromatic heterocycles. The Morgan fingerprint density at radius 1 is 1.73 bits per heavy atom. The summed E-state index contributed by atoms with van der Waals surface area (Å²) in [6.45, 7) is 1.75. The van der Waals surface area contributed by atoms with E-state index in [-0.39, 0.29) is 5.97 Å². The molecule has 0 aliphatic carbocycles. The van der Waals surface area contributed by atoms with Gasteiger partial charge in [0.2, 0.25) is 0 Å². The molecule has 0 atom stereocenters. The molecule has 0 spiro atoms. The van der Waals surface area contributed by atoms with E-state index in [0.717, 1.165) is 0 Å². The maximum absolute atomic E-state index is 11.0. The van der Waals surface area contributed by atoms with Crippen molar-refractivity contribution in [2.75, 3.05) is 7.11 Å². The van der Waals surface area contributed by atoms with E-state index in [1.807, 2.05) is 0 Å². The summed E-state index contributed by atoms with van der Waals surface area (Å²) < 4.78 is 9.56.